The number of rotatable bonds is 10. The van der Waals surface area contributed by atoms with Crippen LogP contribution in [0.3, 0.4) is 0 Å². The Bertz CT molecular complexity index is 3200. The van der Waals surface area contributed by atoms with Crippen LogP contribution in [-0.4, -0.2) is 9.55 Å². The third-order valence-corrected chi connectivity index (χ3v) is 13.1. The van der Waals surface area contributed by atoms with Crippen molar-refractivity contribution in [3.05, 3.63) is 235 Å². The zero-order valence-electron chi connectivity index (χ0n) is 38.5. The van der Waals surface area contributed by atoms with Crippen LogP contribution >= 0.6 is 0 Å². The molecule has 1 aliphatic rings. The van der Waals surface area contributed by atoms with Gasteiger partial charge in [0.25, 0.3) is 0 Å². The third kappa shape index (κ3) is 8.49. The monoisotopic (exact) mass is 1040 g/mol. The summed E-state index contributed by atoms with van der Waals surface area (Å²) in [5.74, 6) is 2.02. The predicted molar refractivity (Wildman–Crippen MR) is 269 cm³/mol. The third-order valence-electron chi connectivity index (χ3n) is 13.1. The summed E-state index contributed by atoms with van der Waals surface area (Å²) in [6, 6.07) is 67.5. The van der Waals surface area contributed by atoms with Gasteiger partial charge < -0.3 is 19.1 Å². The molecule has 0 radical (unpaired) electrons. The van der Waals surface area contributed by atoms with Crippen LogP contribution < -0.4 is 14.5 Å². The minimum absolute atomic E-state index is 0. The maximum Gasteiger partial charge on any atom is 0.135 e. The van der Waals surface area contributed by atoms with E-state index < -0.39 is 0 Å². The molecule has 0 aliphatic carbocycles. The summed E-state index contributed by atoms with van der Waals surface area (Å²) >= 11 is 0. The molecule has 10 rings (SSSR count). The fourth-order valence-corrected chi connectivity index (χ4v) is 8.99. The van der Waals surface area contributed by atoms with Crippen molar-refractivity contribution < 1.29 is 25.8 Å². The molecule has 0 N–H and O–H groups in total. The average molecular weight is 1040 g/mol. The van der Waals surface area contributed by atoms with Crippen molar-refractivity contribution in [1.29, 1.82) is 0 Å². The summed E-state index contributed by atoms with van der Waals surface area (Å²) in [5, 5.41) is 2.21. The molecular formula is C60H53N4OPt-3. The van der Waals surface area contributed by atoms with Crippen molar-refractivity contribution in [3.63, 3.8) is 0 Å². The molecule has 5 nitrogen and oxygen atoms in total. The largest absolute Gasteiger partial charge is 0.509 e. The van der Waals surface area contributed by atoms with Gasteiger partial charge >= 0.3 is 0 Å². The summed E-state index contributed by atoms with van der Waals surface area (Å²) in [5.41, 5.74) is 11.7. The number of ether oxygens (including phenoxy) is 1. The minimum atomic E-state index is -0.345. The summed E-state index contributed by atoms with van der Waals surface area (Å²) < 4.78 is 9.10. The van der Waals surface area contributed by atoms with Gasteiger partial charge in [-0.15, -0.1) is 53.6 Å². The number of aromatic nitrogens is 2. The molecule has 0 amide bonds. The first-order valence-corrected chi connectivity index (χ1v) is 22.4. The van der Waals surface area contributed by atoms with Crippen LogP contribution in [0, 0.1) is 18.8 Å². The topological polar surface area (TPSA) is 33.5 Å². The molecule has 2 aromatic heterocycles. The first-order chi connectivity index (χ1) is 31.3. The summed E-state index contributed by atoms with van der Waals surface area (Å²) in [6.45, 7) is 18.0. The van der Waals surface area contributed by atoms with E-state index in [4.69, 9.17) is 9.72 Å². The number of benzene rings is 7. The first-order valence-electron chi connectivity index (χ1n) is 22.4. The van der Waals surface area contributed by atoms with Gasteiger partial charge in [-0.25, -0.2) is 4.98 Å². The Labute approximate surface area is 404 Å². The minimum Gasteiger partial charge on any atom is -0.509 e. The fraction of sp³-hybridized carbons (Fsp3) is 0.167. The molecule has 0 fully saturated rings. The van der Waals surface area contributed by atoms with E-state index in [0.717, 1.165) is 44.6 Å². The van der Waals surface area contributed by atoms with Gasteiger partial charge in [-0.3, -0.25) is 0 Å². The van der Waals surface area contributed by atoms with E-state index in [1.54, 1.807) is 0 Å². The maximum atomic E-state index is 6.89. The normalized spacial score (nSPS) is 13.1. The van der Waals surface area contributed by atoms with Crippen LogP contribution in [0.2, 0.25) is 0 Å². The van der Waals surface area contributed by atoms with Crippen LogP contribution in [0.1, 0.15) is 76.3 Å². The molecule has 0 saturated heterocycles. The van der Waals surface area contributed by atoms with Crippen molar-refractivity contribution in [2.75, 3.05) is 9.80 Å². The molecule has 0 atom stereocenters. The predicted octanol–water partition coefficient (Wildman–Crippen LogP) is 15.1. The Hall–Kier alpha value is -6.68. The molecule has 6 heteroatoms. The number of pyridine rings is 1. The van der Waals surface area contributed by atoms with Gasteiger partial charge in [0.1, 0.15) is 5.82 Å². The zero-order chi connectivity index (χ0) is 44.9. The van der Waals surface area contributed by atoms with Crippen molar-refractivity contribution in [2.24, 2.45) is 0 Å². The molecule has 0 bridgehead atoms. The Morgan fingerprint density at radius 3 is 1.83 bits per heavy atom. The quantitative estimate of drug-likeness (QED) is 0.128. The first kappa shape index (κ1) is 44.5. The molecule has 0 unspecified atom stereocenters. The van der Waals surface area contributed by atoms with Crippen molar-refractivity contribution in [1.82, 2.24) is 9.55 Å². The number of fused-ring (bicyclic) bond motifs is 3. The fourth-order valence-electron chi connectivity index (χ4n) is 8.99. The summed E-state index contributed by atoms with van der Waals surface area (Å²) in [7, 11) is 0. The standard InChI is InChI=1S/C60H53N4O.Pt/c1-58(2,3)47-33-43(42-19-11-8-12-20-42)34-49(35-47)62-31-32-63(41-62)50-36-48(60(6,7)45-23-15-10-16-24-45)37-52(39-50)65-51-27-28-54-53-25-17-18-26-55(53)64(56(54)40-51)57-38-46(29-30-61-57)59(4,5)44-21-13-9-14-22-44;/h8-38,41H,1-7H3;/q-3;. The van der Waals surface area contributed by atoms with Gasteiger partial charge in [-0.2, -0.15) is 6.07 Å². The molecule has 0 saturated carbocycles. The van der Waals surface area contributed by atoms with Gasteiger partial charge in [-0.05, 0) is 92.3 Å². The zero-order valence-corrected chi connectivity index (χ0v) is 40.8. The van der Waals surface area contributed by atoms with Crippen molar-refractivity contribution in [3.8, 4) is 28.4 Å². The second kappa shape index (κ2) is 17.6. The molecule has 9 aromatic rings. The van der Waals surface area contributed by atoms with Crippen LogP contribution in [0.15, 0.2) is 188 Å². The molecular weight excluding hydrogens is 988 g/mol. The van der Waals surface area contributed by atoms with Gasteiger partial charge in [0.15, 0.2) is 0 Å². The number of anilines is 2. The van der Waals surface area contributed by atoms with E-state index in [1.807, 2.05) is 12.3 Å². The smallest absolute Gasteiger partial charge is 0.135 e. The van der Waals surface area contributed by atoms with Gasteiger partial charge in [0, 0.05) is 55.4 Å². The number of para-hydroxylation sites is 1. The Balaban J connectivity index is 0.00000548. The van der Waals surface area contributed by atoms with Crippen LogP contribution in [0.5, 0.6) is 11.5 Å². The Kier molecular flexibility index (Phi) is 11.9. The molecule has 3 heterocycles. The molecule has 1 aliphatic heterocycles. The van der Waals surface area contributed by atoms with E-state index in [9.17, 15) is 0 Å². The van der Waals surface area contributed by atoms with Gasteiger partial charge in [0.2, 0.25) is 0 Å². The average Bonchev–Trinajstić information content (AvgIpc) is 3.96. The second-order valence-electron chi connectivity index (χ2n) is 19.2. The molecule has 332 valence electrons. The molecule has 66 heavy (non-hydrogen) atoms. The van der Waals surface area contributed by atoms with Gasteiger partial charge in [-0.1, -0.05) is 169 Å². The Morgan fingerprint density at radius 2 is 1.14 bits per heavy atom. The van der Waals surface area contributed by atoms with Crippen molar-refractivity contribution in [2.45, 2.75) is 64.7 Å². The van der Waals surface area contributed by atoms with Crippen LogP contribution in [-0.2, 0) is 37.3 Å². The van der Waals surface area contributed by atoms with E-state index >= 15 is 0 Å². The molecule has 0 spiro atoms. The van der Waals surface area contributed by atoms with Crippen LogP contribution in [0.25, 0.3) is 38.8 Å². The van der Waals surface area contributed by atoms with Gasteiger partial charge in [0.05, 0.1) is 0 Å². The van der Waals surface area contributed by atoms with Crippen LogP contribution in [0.4, 0.5) is 11.4 Å². The maximum absolute atomic E-state index is 6.89. The number of hydrogen-bond acceptors (Lipinski definition) is 4. The number of hydrogen-bond donors (Lipinski definition) is 0. The summed E-state index contributed by atoms with van der Waals surface area (Å²) in [4.78, 5) is 9.29. The Morgan fingerprint density at radius 1 is 0.500 bits per heavy atom. The van der Waals surface area contributed by atoms with E-state index in [0.29, 0.717) is 11.5 Å². The summed E-state index contributed by atoms with van der Waals surface area (Å²) in [6.07, 6.45) is 6.13. The van der Waals surface area contributed by atoms with E-state index in [1.165, 1.54) is 33.4 Å². The second-order valence-corrected chi connectivity index (χ2v) is 19.2. The van der Waals surface area contributed by atoms with Crippen molar-refractivity contribution >= 4 is 33.2 Å². The van der Waals surface area contributed by atoms with E-state index in [2.05, 4.69) is 258 Å². The molecule has 7 aromatic carbocycles. The number of nitrogens with zero attached hydrogens (tertiary/aromatic N) is 4. The van der Waals surface area contributed by atoms with E-state index in [-0.39, 0.29) is 37.3 Å². The SMILES string of the molecule is CC(C)(C)c1cc(-c2ccccc2)cc(N2C=CN(c3[c-]c(Oc4[c-]c5c(cc4)c4ccccc4n5-c4cc(C(C)(C)c5ccccc5)ccn4)cc(C(C)(C)c4ccccc4)c3)[CH-]2)c1.[Pt].